The van der Waals surface area contributed by atoms with E-state index >= 15 is 0 Å². The first-order valence-electron chi connectivity index (χ1n) is 8.67. The standard InChI is InChI=1S/C20H17N5O3S/c1-13-18(9-14-5-3-2-4-6-14)24-20(22-13)29-12-19(26)23-17-8-7-16(25(27)28)10-15(17)11-21/h2-8,10H,9,12H2,1H3,(H,22,24)(H,23,26). The maximum absolute atomic E-state index is 12.2. The fourth-order valence-corrected chi connectivity index (χ4v) is 3.40. The van der Waals surface area contributed by atoms with Gasteiger partial charge in [0.05, 0.1) is 27.6 Å². The fourth-order valence-electron chi connectivity index (χ4n) is 2.66. The van der Waals surface area contributed by atoms with E-state index in [0.29, 0.717) is 11.6 Å². The van der Waals surface area contributed by atoms with Crippen LogP contribution in [0.25, 0.3) is 0 Å². The summed E-state index contributed by atoms with van der Waals surface area (Å²) in [5, 5.41) is 23.2. The first-order chi connectivity index (χ1) is 14.0. The highest BCUT2D eigenvalue weighted by atomic mass is 32.2. The van der Waals surface area contributed by atoms with E-state index in [-0.39, 0.29) is 28.6 Å². The zero-order valence-electron chi connectivity index (χ0n) is 15.5. The number of thioether (sulfide) groups is 1. The number of imidazole rings is 1. The Bertz CT molecular complexity index is 1090. The Morgan fingerprint density at radius 3 is 2.76 bits per heavy atom. The van der Waals surface area contributed by atoms with Gasteiger partial charge in [0.2, 0.25) is 5.91 Å². The molecule has 3 rings (SSSR count). The van der Waals surface area contributed by atoms with Crippen molar-refractivity contribution in [2.75, 3.05) is 11.1 Å². The third kappa shape index (κ3) is 5.21. The third-order valence-electron chi connectivity index (χ3n) is 4.13. The lowest BCUT2D eigenvalue weighted by Crippen LogP contribution is -2.15. The Hall–Kier alpha value is -3.64. The number of amides is 1. The second-order valence-electron chi connectivity index (χ2n) is 6.21. The lowest BCUT2D eigenvalue weighted by Gasteiger charge is -2.06. The number of hydrogen-bond donors (Lipinski definition) is 2. The molecule has 2 aromatic carbocycles. The normalized spacial score (nSPS) is 10.3. The first kappa shape index (κ1) is 20.1. The Balaban J connectivity index is 1.61. The van der Waals surface area contributed by atoms with E-state index in [0.717, 1.165) is 23.0 Å². The molecule has 1 aromatic heterocycles. The second-order valence-corrected chi connectivity index (χ2v) is 7.18. The van der Waals surface area contributed by atoms with Crippen LogP contribution < -0.4 is 5.32 Å². The van der Waals surface area contributed by atoms with Gasteiger partial charge in [-0.25, -0.2) is 4.98 Å². The van der Waals surface area contributed by atoms with Crippen LogP contribution in [0.15, 0.2) is 53.7 Å². The predicted octanol–water partition coefficient (Wildman–Crippen LogP) is 3.82. The molecule has 29 heavy (non-hydrogen) atoms. The SMILES string of the molecule is Cc1[nH]c(SCC(=O)Nc2ccc([N+](=O)[O-])cc2C#N)nc1Cc1ccccc1. The van der Waals surface area contributed by atoms with Crippen molar-refractivity contribution >= 4 is 29.0 Å². The summed E-state index contributed by atoms with van der Waals surface area (Å²) in [4.78, 5) is 30.2. The Morgan fingerprint density at radius 1 is 1.31 bits per heavy atom. The molecule has 0 saturated carbocycles. The van der Waals surface area contributed by atoms with Gasteiger partial charge in [-0.2, -0.15) is 5.26 Å². The number of H-pyrrole nitrogens is 1. The number of benzene rings is 2. The number of nitrogens with one attached hydrogen (secondary N) is 2. The van der Waals surface area contributed by atoms with Gasteiger partial charge in [0.1, 0.15) is 6.07 Å². The van der Waals surface area contributed by atoms with Gasteiger partial charge in [-0.1, -0.05) is 42.1 Å². The molecular formula is C20H17N5O3S. The fraction of sp³-hybridized carbons (Fsp3) is 0.150. The number of nitrogens with zero attached hydrogens (tertiary/aromatic N) is 3. The molecule has 0 unspecified atom stereocenters. The van der Waals surface area contributed by atoms with Crippen molar-refractivity contribution in [2.24, 2.45) is 0 Å². The van der Waals surface area contributed by atoms with E-state index in [1.54, 1.807) is 0 Å². The molecule has 0 radical (unpaired) electrons. The molecule has 0 atom stereocenters. The molecular weight excluding hydrogens is 390 g/mol. The van der Waals surface area contributed by atoms with Crippen molar-refractivity contribution < 1.29 is 9.72 Å². The molecule has 0 bridgehead atoms. The lowest BCUT2D eigenvalue weighted by molar-refractivity contribution is -0.384. The van der Waals surface area contributed by atoms with Crippen molar-refractivity contribution in [3.05, 3.63) is 81.2 Å². The van der Waals surface area contributed by atoms with Crippen LogP contribution in [0, 0.1) is 28.4 Å². The highest BCUT2D eigenvalue weighted by Gasteiger charge is 2.14. The molecule has 0 spiro atoms. The number of aromatic amines is 1. The van der Waals surface area contributed by atoms with E-state index in [4.69, 9.17) is 5.26 Å². The zero-order valence-corrected chi connectivity index (χ0v) is 16.3. The summed E-state index contributed by atoms with van der Waals surface area (Å²) in [6.45, 7) is 1.94. The molecule has 146 valence electrons. The van der Waals surface area contributed by atoms with Gasteiger partial charge in [0.25, 0.3) is 5.69 Å². The number of non-ortho nitro benzene ring substituents is 1. The van der Waals surface area contributed by atoms with Gasteiger partial charge < -0.3 is 10.3 Å². The van der Waals surface area contributed by atoms with Gasteiger partial charge in [0.15, 0.2) is 5.16 Å². The zero-order chi connectivity index (χ0) is 20.8. The van der Waals surface area contributed by atoms with Crippen LogP contribution in [0.2, 0.25) is 0 Å². The quantitative estimate of drug-likeness (QED) is 0.348. The van der Waals surface area contributed by atoms with Gasteiger partial charge >= 0.3 is 0 Å². The van der Waals surface area contributed by atoms with E-state index in [1.165, 1.54) is 23.9 Å². The number of nitro benzene ring substituents is 1. The van der Waals surface area contributed by atoms with Crippen molar-refractivity contribution in [3.63, 3.8) is 0 Å². The van der Waals surface area contributed by atoms with Gasteiger partial charge in [0, 0.05) is 24.2 Å². The predicted molar refractivity (Wildman–Crippen MR) is 110 cm³/mol. The molecule has 0 saturated heterocycles. The monoisotopic (exact) mass is 407 g/mol. The molecule has 8 nitrogen and oxygen atoms in total. The first-order valence-corrected chi connectivity index (χ1v) is 9.65. The average molecular weight is 407 g/mol. The van der Waals surface area contributed by atoms with Crippen molar-refractivity contribution in [2.45, 2.75) is 18.5 Å². The Kier molecular flexibility index (Phi) is 6.26. The number of carbonyl (C=O) groups excluding carboxylic acids is 1. The summed E-state index contributed by atoms with van der Waals surface area (Å²) < 4.78 is 0. The summed E-state index contributed by atoms with van der Waals surface area (Å²) in [6.07, 6.45) is 0.699. The highest BCUT2D eigenvalue weighted by Crippen LogP contribution is 2.23. The Morgan fingerprint density at radius 2 is 2.07 bits per heavy atom. The minimum atomic E-state index is -0.589. The topological polar surface area (TPSA) is 125 Å². The summed E-state index contributed by atoms with van der Waals surface area (Å²) in [6, 6.07) is 15.6. The Labute approximate surface area is 171 Å². The number of carbonyl (C=O) groups is 1. The van der Waals surface area contributed by atoms with Crippen molar-refractivity contribution in [1.29, 1.82) is 5.26 Å². The minimum Gasteiger partial charge on any atom is -0.337 e. The van der Waals surface area contributed by atoms with Crippen molar-refractivity contribution in [3.8, 4) is 6.07 Å². The molecule has 2 N–H and O–H groups in total. The number of anilines is 1. The summed E-state index contributed by atoms with van der Waals surface area (Å²) in [7, 11) is 0. The molecule has 9 heteroatoms. The summed E-state index contributed by atoms with van der Waals surface area (Å²) >= 11 is 1.24. The van der Waals surface area contributed by atoms with Crippen LogP contribution >= 0.6 is 11.8 Å². The van der Waals surface area contributed by atoms with Gasteiger partial charge in [-0.15, -0.1) is 0 Å². The van der Waals surface area contributed by atoms with Crippen molar-refractivity contribution in [1.82, 2.24) is 9.97 Å². The van der Waals surface area contributed by atoms with E-state index in [9.17, 15) is 14.9 Å². The minimum absolute atomic E-state index is 0.0385. The summed E-state index contributed by atoms with van der Waals surface area (Å²) in [5.74, 6) is -0.251. The van der Waals surface area contributed by atoms with Crippen LogP contribution in [0.5, 0.6) is 0 Å². The molecule has 0 aliphatic heterocycles. The van der Waals surface area contributed by atoms with Gasteiger partial charge in [-0.05, 0) is 18.6 Å². The third-order valence-corrected chi connectivity index (χ3v) is 5.00. The molecule has 3 aromatic rings. The number of hydrogen-bond acceptors (Lipinski definition) is 6. The number of aromatic nitrogens is 2. The van der Waals surface area contributed by atoms with E-state index < -0.39 is 4.92 Å². The lowest BCUT2D eigenvalue weighted by atomic mass is 10.1. The molecule has 0 aliphatic carbocycles. The largest absolute Gasteiger partial charge is 0.337 e. The van der Waals surface area contributed by atoms with Crippen LogP contribution in [-0.4, -0.2) is 26.6 Å². The van der Waals surface area contributed by atoms with Crippen LogP contribution in [0.3, 0.4) is 0 Å². The number of rotatable bonds is 7. The van der Waals surface area contributed by atoms with E-state index in [2.05, 4.69) is 15.3 Å². The van der Waals surface area contributed by atoms with Crippen LogP contribution in [0.1, 0.15) is 22.5 Å². The maximum Gasteiger partial charge on any atom is 0.270 e. The van der Waals surface area contributed by atoms with Gasteiger partial charge in [-0.3, -0.25) is 14.9 Å². The molecule has 0 fully saturated rings. The molecule has 1 amide bonds. The molecule has 0 aliphatic rings. The number of nitriles is 1. The molecule has 1 heterocycles. The average Bonchev–Trinajstić information content (AvgIpc) is 3.06. The van der Waals surface area contributed by atoms with Crippen LogP contribution in [-0.2, 0) is 11.2 Å². The van der Waals surface area contributed by atoms with E-state index in [1.807, 2.05) is 43.3 Å². The maximum atomic E-state index is 12.2. The second kappa shape index (κ2) is 9.03. The number of aryl methyl sites for hydroxylation is 1. The highest BCUT2D eigenvalue weighted by molar-refractivity contribution is 7.99. The smallest absolute Gasteiger partial charge is 0.270 e. The van der Waals surface area contributed by atoms with Crippen LogP contribution in [0.4, 0.5) is 11.4 Å². The summed E-state index contributed by atoms with van der Waals surface area (Å²) in [5.41, 5.74) is 3.09. The number of nitro groups is 1.